The molecule has 0 radical (unpaired) electrons. The lowest BCUT2D eigenvalue weighted by Crippen LogP contribution is -2.29. The lowest BCUT2D eigenvalue weighted by Gasteiger charge is -2.19. The predicted molar refractivity (Wildman–Crippen MR) is 218 cm³/mol. The molecular formula is C43H69O10P. The zero-order valence-electron chi connectivity index (χ0n) is 32.8. The highest BCUT2D eigenvalue weighted by Gasteiger charge is 2.23. The second kappa shape index (κ2) is 36.8. The van der Waals surface area contributed by atoms with Gasteiger partial charge >= 0.3 is 19.8 Å². The van der Waals surface area contributed by atoms with Gasteiger partial charge in [-0.1, -0.05) is 124 Å². The van der Waals surface area contributed by atoms with E-state index in [9.17, 15) is 24.4 Å². The largest absolute Gasteiger partial charge is 0.469 e. The molecule has 0 aliphatic carbocycles. The number of rotatable bonds is 34. The van der Waals surface area contributed by atoms with Crippen molar-refractivity contribution in [2.24, 2.45) is 0 Å². The Morgan fingerprint density at radius 2 is 1.06 bits per heavy atom. The number of unbranched alkanes of at least 4 members (excludes halogenated alkanes) is 4. The molecule has 11 heteroatoms. The van der Waals surface area contributed by atoms with Gasteiger partial charge in [-0.2, -0.15) is 0 Å². The molecule has 0 unspecified atom stereocenters. The Kier molecular flexibility index (Phi) is 34.7. The molecule has 0 heterocycles. The fourth-order valence-corrected chi connectivity index (χ4v) is 5.11. The number of phosphoric ester groups is 1. The number of aliphatic hydroxyl groups excluding tert-OH is 2. The van der Waals surface area contributed by atoms with Gasteiger partial charge in [-0.05, 0) is 89.9 Å². The van der Waals surface area contributed by atoms with E-state index < -0.39 is 51.3 Å². The van der Waals surface area contributed by atoms with Gasteiger partial charge in [0.1, 0.15) is 6.61 Å². The minimum atomic E-state index is -4.84. The Balaban J connectivity index is 4.32. The second-order valence-corrected chi connectivity index (χ2v) is 14.1. The maximum atomic E-state index is 12.4. The first-order valence-electron chi connectivity index (χ1n) is 19.7. The molecule has 0 aliphatic rings. The number of carbonyl (C=O) groups is 2. The molecular weight excluding hydrogens is 707 g/mol. The fourth-order valence-electron chi connectivity index (χ4n) is 4.74. The highest BCUT2D eigenvalue weighted by molar-refractivity contribution is 7.46. The quantitative estimate of drug-likeness (QED) is 0.0214. The molecule has 0 fully saturated rings. The molecule has 10 nitrogen and oxygen atoms in total. The van der Waals surface area contributed by atoms with Crippen LogP contribution in [0.2, 0.25) is 0 Å². The Bertz CT molecular complexity index is 1220. The lowest BCUT2D eigenvalue weighted by atomic mass is 10.0. The normalized spacial score (nSPS) is 14.7. The van der Waals surface area contributed by atoms with E-state index in [1.807, 2.05) is 30.4 Å². The van der Waals surface area contributed by atoms with E-state index in [0.717, 1.165) is 51.4 Å². The van der Waals surface area contributed by atoms with Crippen LogP contribution in [0.1, 0.15) is 129 Å². The second-order valence-electron chi connectivity index (χ2n) is 12.8. The average Bonchev–Trinajstić information content (AvgIpc) is 3.13. The first kappa shape index (κ1) is 50.9. The van der Waals surface area contributed by atoms with Crippen molar-refractivity contribution in [3.05, 3.63) is 97.2 Å². The van der Waals surface area contributed by atoms with Crippen molar-refractivity contribution in [2.45, 2.75) is 148 Å². The van der Waals surface area contributed by atoms with Gasteiger partial charge in [-0.15, -0.1) is 0 Å². The molecule has 306 valence electrons. The third-order valence-corrected chi connectivity index (χ3v) is 8.27. The average molecular weight is 777 g/mol. The van der Waals surface area contributed by atoms with Crippen molar-refractivity contribution in [2.75, 3.05) is 13.2 Å². The molecule has 0 saturated carbocycles. The van der Waals surface area contributed by atoms with Crippen molar-refractivity contribution >= 4 is 19.8 Å². The van der Waals surface area contributed by atoms with Crippen LogP contribution in [-0.2, 0) is 28.2 Å². The van der Waals surface area contributed by atoms with Crippen LogP contribution in [0.15, 0.2) is 97.2 Å². The molecule has 0 amide bonds. The third-order valence-electron chi connectivity index (χ3n) is 7.79. The van der Waals surface area contributed by atoms with E-state index in [0.29, 0.717) is 12.8 Å². The third kappa shape index (κ3) is 37.2. The van der Waals surface area contributed by atoms with Gasteiger partial charge in [-0.3, -0.25) is 14.1 Å². The number of hydrogen-bond donors (Lipinski definition) is 4. The van der Waals surface area contributed by atoms with Crippen molar-refractivity contribution in [1.29, 1.82) is 0 Å². The molecule has 0 bridgehead atoms. The van der Waals surface area contributed by atoms with Gasteiger partial charge in [0, 0.05) is 12.8 Å². The standard InChI is InChI=1S/C43H69O10P/c1-3-5-7-9-11-13-15-17-18-19-20-21-23-25-27-29-31-35-43(47)53-39(38-52-54(48,49)50)37-51-42(46)36-32-34-41(45)40(44)33-30-28-26-24-22-16-14-12-10-8-6-4-2/h6,8,11-14,17-18,20-22,24-25,27-28,30,39-41,44-45H,3-5,7,9-10,15-16,19,23,26,29,31-38H2,1-2H3,(H2,48,49,50)/b8-6-,13-11-,14-12-,18-17-,21-20-,24-22-,27-25-,30-28-/t39-,40+,41+/m1/s1. The molecule has 54 heavy (non-hydrogen) atoms. The molecule has 0 aromatic carbocycles. The maximum absolute atomic E-state index is 12.4. The summed E-state index contributed by atoms with van der Waals surface area (Å²) < 4.78 is 26.1. The lowest BCUT2D eigenvalue weighted by molar-refractivity contribution is -0.161. The van der Waals surface area contributed by atoms with Crippen LogP contribution in [0.3, 0.4) is 0 Å². The number of aliphatic hydroxyl groups is 2. The first-order valence-corrected chi connectivity index (χ1v) is 21.2. The summed E-state index contributed by atoms with van der Waals surface area (Å²) in [5.41, 5.74) is 0. The van der Waals surface area contributed by atoms with E-state index >= 15 is 0 Å². The summed E-state index contributed by atoms with van der Waals surface area (Å²) in [6.07, 6.45) is 43.1. The molecule has 3 atom stereocenters. The summed E-state index contributed by atoms with van der Waals surface area (Å²) in [6, 6.07) is 0. The summed E-state index contributed by atoms with van der Waals surface area (Å²) in [7, 11) is -4.84. The highest BCUT2D eigenvalue weighted by Crippen LogP contribution is 2.36. The Morgan fingerprint density at radius 3 is 1.57 bits per heavy atom. The first-order chi connectivity index (χ1) is 26.1. The molecule has 4 N–H and O–H groups in total. The molecule has 0 aromatic heterocycles. The summed E-state index contributed by atoms with van der Waals surface area (Å²) in [5.74, 6) is -1.25. The number of hydrogen-bond acceptors (Lipinski definition) is 8. The minimum absolute atomic E-state index is 0.0666. The van der Waals surface area contributed by atoms with Crippen LogP contribution in [-0.4, -0.2) is 63.5 Å². The van der Waals surface area contributed by atoms with Gasteiger partial charge in [-0.25, -0.2) is 4.57 Å². The number of carbonyl (C=O) groups excluding carboxylic acids is 2. The Hall–Kier alpha value is -3.11. The molecule has 0 spiro atoms. The van der Waals surface area contributed by atoms with Crippen LogP contribution < -0.4 is 0 Å². The van der Waals surface area contributed by atoms with Crippen LogP contribution in [0.25, 0.3) is 0 Å². The van der Waals surface area contributed by atoms with Crippen molar-refractivity contribution in [1.82, 2.24) is 0 Å². The van der Waals surface area contributed by atoms with Crippen LogP contribution in [0.4, 0.5) is 0 Å². The van der Waals surface area contributed by atoms with E-state index in [1.54, 1.807) is 0 Å². The van der Waals surface area contributed by atoms with Crippen LogP contribution in [0.5, 0.6) is 0 Å². The van der Waals surface area contributed by atoms with Crippen molar-refractivity contribution < 1.29 is 48.2 Å². The maximum Gasteiger partial charge on any atom is 0.469 e. The van der Waals surface area contributed by atoms with E-state index in [-0.39, 0.29) is 32.1 Å². The Morgan fingerprint density at radius 1 is 0.574 bits per heavy atom. The summed E-state index contributed by atoms with van der Waals surface area (Å²) in [5, 5.41) is 20.5. The smallest absolute Gasteiger partial charge is 0.462 e. The van der Waals surface area contributed by atoms with Crippen molar-refractivity contribution in [3.63, 3.8) is 0 Å². The van der Waals surface area contributed by atoms with Gasteiger partial charge in [0.15, 0.2) is 6.10 Å². The predicted octanol–water partition coefficient (Wildman–Crippen LogP) is 9.78. The fraction of sp³-hybridized carbons (Fsp3) is 0.581. The molecule has 0 saturated heterocycles. The van der Waals surface area contributed by atoms with Gasteiger partial charge in [0.2, 0.25) is 0 Å². The monoisotopic (exact) mass is 776 g/mol. The van der Waals surface area contributed by atoms with E-state index in [1.165, 1.54) is 19.3 Å². The van der Waals surface area contributed by atoms with E-state index in [2.05, 4.69) is 85.2 Å². The summed E-state index contributed by atoms with van der Waals surface area (Å²) in [4.78, 5) is 42.8. The number of ether oxygens (including phenoxy) is 2. The molecule has 0 aromatic rings. The van der Waals surface area contributed by atoms with Gasteiger partial charge in [0.05, 0.1) is 18.8 Å². The number of phosphoric acid groups is 1. The van der Waals surface area contributed by atoms with Gasteiger partial charge < -0.3 is 29.5 Å². The van der Waals surface area contributed by atoms with Crippen molar-refractivity contribution in [3.8, 4) is 0 Å². The zero-order chi connectivity index (χ0) is 40.0. The topological polar surface area (TPSA) is 160 Å². The summed E-state index contributed by atoms with van der Waals surface area (Å²) >= 11 is 0. The zero-order valence-corrected chi connectivity index (χ0v) is 33.7. The summed E-state index contributed by atoms with van der Waals surface area (Å²) in [6.45, 7) is 3.22. The van der Waals surface area contributed by atoms with E-state index in [4.69, 9.17) is 19.3 Å². The minimum Gasteiger partial charge on any atom is -0.462 e. The molecule has 0 aliphatic heterocycles. The van der Waals surface area contributed by atoms with Crippen LogP contribution in [0, 0.1) is 0 Å². The number of esters is 2. The highest BCUT2D eigenvalue weighted by atomic mass is 31.2. The van der Waals surface area contributed by atoms with Gasteiger partial charge in [0.25, 0.3) is 0 Å². The number of allylic oxidation sites excluding steroid dienone is 15. The molecule has 0 rings (SSSR count). The SMILES string of the molecule is CC/C=C\C/C=C\C/C=C\C/C=C\C[C@H](O)[C@@H](O)CCCC(=O)OC[C@H](COP(=O)(O)O)OC(=O)CCC/C=C\C/C=C\C/C=C\C/C=C\CCCCC. The Labute approximate surface area is 325 Å². The van der Waals surface area contributed by atoms with Crippen LogP contribution >= 0.6 is 7.82 Å².